The molecular formula is C14H20FNO. The molecule has 0 aliphatic rings. The lowest BCUT2D eigenvalue weighted by Gasteiger charge is -2.25. The molecule has 0 atom stereocenters. The first-order valence-electron chi connectivity index (χ1n) is 6.01. The van der Waals surface area contributed by atoms with Crippen LogP contribution in [0.1, 0.15) is 38.1 Å². The largest absolute Gasteiger partial charge is 0.369 e. The van der Waals surface area contributed by atoms with Crippen LogP contribution in [0.3, 0.4) is 0 Å². The first-order valence-corrected chi connectivity index (χ1v) is 6.01. The average Bonchev–Trinajstić information content (AvgIpc) is 2.25. The van der Waals surface area contributed by atoms with Gasteiger partial charge in [0.25, 0.3) is 0 Å². The first kappa shape index (κ1) is 13.7. The summed E-state index contributed by atoms with van der Waals surface area (Å²) in [6, 6.07) is 4.70. The number of rotatable bonds is 5. The summed E-state index contributed by atoms with van der Waals surface area (Å²) in [7, 11) is 0. The summed E-state index contributed by atoms with van der Waals surface area (Å²) in [5.74, 6) is 0.0457. The molecule has 2 nitrogen and oxygen atoms in total. The van der Waals surface area contributed by atoms with Crippen LogP contribution >= 0.6 is 0 Å². The highest BCUT2D eigenvalue weighted by molar-refractivity contribution is 5.94. The molecule has 0 aliphatic carbocycles. The summed E-state index contributed by atoms with van der Waals surface area (Å²) < 4.78 is 13.9. The van der Waals surface area contributed by atoms with Crippen molar-refractivity contribution < 1.29 is 9.18 Å². The molecule has 0 saturated heterocycles. The fourth-order valence-electron chi connectivity index (χ4n) is 1.82. The van der Waals surface area contributed by atoms with Crippen molar-refractivity contribution in [2.45, 2.75) is 27.7 Å². The Hall–Kier alpha value is -1.38. The molecule has 17 heavy (non-hydrogen) atoms. The Morgan fingerprint density at radius 1 is 1.41 bits per heavy atom. The first-order chi connectivity index (χ1) is 7.95. The van der Waals surface area contributed by atoms with E-state index in [4.69, 9.17) is 0 Å². The standard InChI is InChI=1S/C14H20FNO/c1-5-16(9-10(2)3)14-7-6-12(11(4)17)8-13(14)15/h6-8,10H,5,9H2,1-4H3. The minimum Gasteiger partial charge on any atom is -0.369 e. The Balaban J connectivity index is 3.00. The van der Waals surface area contributed by atoms with Gasteiger partial charge in [-0.05, 0) is 38.0 Å². The Morgan fingerprint density at radius 3 is 2.47 bits per heavy atom. The zero-order chi connectivity index (χ0) is 13.0. The molecule has 1 aromatic carbocycles. The molecule has 0 aliphatic heterocycles. The summed E-state index contributed by atoms with van der Waals surface area (Å²) in [5, 5.41) is 0. The molecule has 3 heteroatoms. The van der Waals surface area contributed by atoms with E-state index in [9.17, 15) is 9.18 Å². The van der Waals surface area contributed by atoms with E-state index >= 15 is 0 Å². The second kappa shape index (κ2) is 5.80. The van der Waals surface area contributed by atoms with Crippen molar-refractivity contribution in [3.63, 3.8) is 0 Å². The van der Waals surface area contributed by atoms with Gasteiger partial charge in [-0.15, -0.1) is 0 Å². The minimum absolute atomic E-state index is 0.109. The van der Waals surface area contributed by atoms with E-state index in [2.05, 4.69) is 13.8 Å². The SMILES string of the molecule is CCN(CC(C)C)c1ccc(C(C)=O)cc1F. The van der Waals surface area contributed by atoms with Gasteiger partial charge in [0.15, 0.2) is 5.78 Å². The van der Waals surface area contributed by atoms with Crippen LogP contribution in [0.5, 0.6) is 0 Å². The lowest BCUT2D eigenvalue weighted by Crippen LogP contribution is -2.28. The van der Waals surface area contributed by atoms with E-state index in [0.29, 0.717) is 17.2 Å². The molecule has 0 saturated carbocycles. The molecule has 0 aromatic heterocycles. The van der Waals surface area contributed by atoms with Crippen molar-refractivity contribution in [1.82, 2.24) is 0 Å². The highest BCUT2D eigenvalue weighted by Crippen LogP contribution is 2.21. The van der Waals surface area contributed by atoms with Crippen LogP contribution in [0.2, 0.25) is 0 Å². The quantitative estimate of drug-likeness (QED) is 0.730. The van der Waals surface area contributed by atoms with E-state index < -0.39 is 0 Å². The van der Waals surface area contributed by atoms with Gasteiger partial charge in [-0.3, -0.25) is 4.79 Å². The number of carbonyl (C=O) groups excluding carboxylic acids is 1. The molecule has 0 bridgehead atoms. The Labute approximate surface area is 102 Å². The number of Topliss-reactive ketones (excluding diaryl/α,β-unsaturated/α-hetero) is 1. The van der Waals surface area contributed by atoms with Gasteiger partial charge in [-0.2, -0.15) is 0 Å². The smallest absolute Gasteiger partial charge is 0.159 e. The summed E-state index contributed by atoms with van der Waals surface area (Å²) in [6.07, 6.45) is 0. The zero-order valence-corrected chi connectivity index (χ0v) is 11.0. The molecular weight excluding hydrogens is 217 g/mol. The number of carbonyl (C=O) groups is 1. The Kier molecular flexibility index (Phi) is 4.67. The van der Waals surface area contributed by atoms with Crippen molar-refractivity contribution >= 4 is 11.5 Å². The average molecular weight is 237 g/mol. The number of hydrogen-bond donors (Lipinski definition) is 0. The third kappa shape index (κ3) is 3.55. The monoisotopic (exact) mass is 237 g/mol. The summed E-state index contributed by atoms with van der Waals surface area (Å²) in [4.78, 5) is 13.1. The van der Waals surface area contributed by atoms with Crippen LogP contribution in [0, 0.1) is 11.7 Å². The molecule has 0 unspecified atom stereocenters. The molecule has 0 radical (unpaired) electrons. The lowest BCUT2D eigenvalue weighted by molar-refractivity contribution is 0.101. The Bertz CT molecular complexity index is 401. The maximum absolute atomic E-state index is 13.9. The fourth-order valence-corrected chi connectivity index (χ4v) is 1.82. The number of hydrogen-bond acceptors (Lipinski definition) is 2. The van der Waals surface area contributed by atoms with Crippen molar-refractivity contribution in [2.24, 2.45) is 5.92 Å². The van der Waals surface area contributed by atoms with Gasteiger partial charge in [-0.1, -0.05) is 13.8 Å². The summed E-state index contributed by atoms with van der Waals surface area (Å²) in [6.45, 7) is 9.22. The fraction of sp³-hybridized carbons (Fsp3) is 0.500. The highest BCUT2D eigenvalue weighted by atomic mass is 19.1. The number of anilines is 1. The predicted octanol–water partition coefficient (Wildman–Crippen LogP) is 3.51. The van der Waals surface area contributed by atoms with Crippen LogP contribution in [0.4, 0.5) is 10.1 Å². The lowest BCUT2D eigenvalue weighted by atomic mass is 10.1. The van der Waals surface area contributed by atoms with Gasteiger partial charge in [0, 0.05) is 18.7 Å². The maximum atomic E-state index is 13.9. The number of halogens is 1. The molecule has 1 rings (SSSR count). The molecule has 0 N–H and O–H groups in total. The van der Waals surface area contributed by atoms with Gasteiger partial charge in [0.2, 0.25) is 0 Å². The van der Waals surface area contributed by atoms with Crippen molar-refractivity contribution in [3.8, 4) is 0 Å². The van der Waals surface area contributed by atoms with Crippen molar-refractivity contribution in [1.29, 1.82) is 0 Å². The number of nitrogens with zero attached hydrogens (tertiary/aromatic N) is 1. The van der Waals surface area contributed by atoms with Gasteiger partial charge in [0.05, 0.1) is 5.69 Å². The maximum Gasteiger partial charge on any atom is 0.159 e. The zero-order valence-electron chi connectivity index (χ0n) is 11.0. The Morgan fingerprint density at radius 2 is 2.06 bits per heavy atom. The van der Waals surface area contributed by atoms with Gasteiger partial charge in [0.1, 0.15) is 5.82 Å². The molecule has 1 aromatic rings. The van der Waals surface area contributed by atoms with E-state index in [-0.39, 0.29) is 11.6 Å². The van der Waals surface area contributed by atoms with Crippen LogP contribution in [-0.4, -0.2) is 18.9 Å². The predicted molar refractivity (Wildman–Crippen MR) is 69.1 cm³/mol. The minimum atomic E-state index is -0.319. The van der Waals surface area contributed by atoms with Gasteiger partial charge in [-0.25, -0.2) is 4.39 Å². The van der Waals surface area contributed by atoms with E-state index in [0.717, 1.165) is 13.1 Å². The second-order valence-corrected chi connectivity index (χ2v) is 4.65. The third-order valence-electron chi connectivity index (χ3n) is 2.66. The molecule has 0 heterocycles. The van der Waals surface area contributed by atoms with Crippen LogP contribution in [0.25, 0.3) is 0 Å². The number of benzene rings is 1. The van der Waals surface area contributed by atoms with Crippen LogP contribution in [-0.2, 0) is 0 Å². The van der Waals surface area contributed by atoms with Crippen molar-refractivity contribution in [3.05, 3.63) is 29.6 Å². The summed E-state index contributed by atoms with van der Waals surface area (Å²) >= 11 is 0. The molecule has 94 valence electrons. The van der Waals surface area contributed by atoms with Gasteiger partial charge < -0.3 is 4.90 Å². The van der Waals surface area contributed by atoms with Crippen molar-refractivity contribution in [2.75, 3.05) is 18.0 Å². The van der Waals surface area contributed by atoms with E-state index in [1.54, 1.807) is 12.1 Å². The topological polar surface area (TPSA) is 20.3 Å². The number of ketones is 1. The van der Waals surface area contributed by atoms with E-state index in [1.807, 2.05) is 11.8 Å². The summed E-state index contributed by atoms with van der Waals surface area (Å²) in [5.41, 5.74) is 0.998. The second-order valence-electron chi connectivity index (χ2n) is 4.65. The highest BCUT2D eigenvalue weighted by Gasteiger charge is 2.12. The molecule has 0 fully saturated rings. The third-order valence-corrected chi connectivity index (χ3v) is 2.66. The normalized spacial score (nSPS) is 10.7. The van der Waals surface area contributed by atoms with Crippen LogP contribution < -0.4 is 4.90 Å². The molecule has 0 spiro atoms. The van der Waals surface area contributed by atoms with E-state index in [1.165, 1.54) is 13.0 Å². The molecule has 0 amide bonds. The van der Waals surface area contributed by atoms with Gasteiger partial charge >= 0.3 is 0 Å². The van der Waals surface area contributed by atoms with Crippen LogP contribution in [0.15, 0.2) is 18.2 Å².